The van der Waals surface area contributed by atoms with Crippen molar-refractivity contribution in [2.24, 2.45) is 0 Å². The summed E-state index contributed by atoms with van der Waals surface area (Å²) in [5, 5.41) is 10.7. The van der Waals surface area contributed by atoms with Gasteiger partial charge in [-0.1, -0.05) is 30.3 Å². The summed E-state index contributed by atoms with van der Waals surface area (Å²) in [7, 11) is 0. The van der Waals surface area contributed by atoms with Gasteiger partial charge in [0.2, 0.25) is 0 Å². The minimum Gasteiger partial charge on any atom is -0.478 e. The molecule has 0 saturated carbocycles. The molecule has 0 atom stereocenters. The zero-order valence-corrected chi connectivity index (χ0v) is 12.2. The monoisotopic (exact) mass is 312 g/mol. The van der Waals surface area contributed by atoms with Crippen LogP contribution in [0.2, 0.25) is 0 Å². The first-order valence-corrected chi connectivity index (χ1v) is 7.01. The lowest BCUT2D eigenvalue weighted by Gasteiger charge is -2.06. The number of hydrogen-bond donors (Lipinski definition) is 3. The topological polar surface area (TPSA) is 85.9 Å². The summed E-state index contributed by atoms with van der Waals surface area (Å²) < 4.78 is 0.288. The highest BCUT2D eigenvalue weighted by Gasteiger charge is 2.08. The van der Waals surface area contributed by atoms with Gasteiger partial charge in [-0.05, 0) is 34.6 Å². The predicted molar refractivity (Wildman–Crippen MR) is 86.0 cm³/mol. The largest absolute Gasteiger partial charge is 0.478 e. The molecule has 1 heterocycles. The molecule has 0 aliphatic carbocycles. The summed E-state index contributed by atoms with van der Waals surface area (Å²) >= 11 is 4.95. The standard InChI is InChI=1S/C16H12N2O3S/c19-14-8-11(17-16(22)18-14)7-9-4-5-12-10(6-9)2-1-3-13(12)15(20)21/h1-6,8H,7H2,(H,20,21)(H2,17,18,19,22). The van der Waals surface area contributed by atoms with Gasteiger partial charge in [-0.25, -0.2) is 4.79 Å². The second kappa shape index (κ2) is 5.57. The van der Waals surface area contributed by atoms with E-state index in [2.05, 4.69) is 9.97 Å². The van der Waals surface area contributed by atoms with Crippen molar-refractivity contribution in [2.75, 3.05) is 0 Å². The molecule has 22 heavy (non-hydrogen) atoms. The number of aromatic nitrogens is 2. The Morgan fingerprint density at radius 1 is 1.14 bits per heavy atom. The Labute approximate surface area is 130 Å². The van der Waals surface area contributed by atoms with E-state index in [-0.39, 0.29) is 15.9 Å². The highest BCUT2D eigenvalue weighted by atomic mass is 32.1. The minimum absolute atomic E-state index is 0.243. The Bertz CT molecular complexity index is 960. The van der Waals surface area contributed by atoms with Crippen LogP contribution in [0.4, 0.5) is 0 Å². The quantitative estimate of drug-likeness (QED) is 0.649. The molecule has 110 valence electrons. The van der Waals surface area contributed by atoms with Gasteiger partial charge >= 0.3 is 5.97 Å². The van der Waals surface area contributed by atoms with Gasteiger partial charge in [0, 0.05) is 18.2 Å². The highest BCUT2D eigenvalue weighted by Crippen LogP contribution is 2.21. The first-order valence-electron chi connectivity index (χ1n) is 6.60. The molecule has 1 aromatic heterocycles. The average Bonchev–Trinajstić information content (AvgIpc) is 2.45. The van der Waals surface area contributed by atoms with Gasteiger partial charge in [0.25, 0.3) is 5.56 Å². The molecule has 0 fully saturated rings. The first-order chi connectivity index (χ1) is 10.5. The maximum absolute atomic E-state index is 11.4. The molecule has 3 aromatic rings. The van der Waals surface area contributed by atoms with Crippen LogP contribution < -0.4 is 5.56 Å². The molecule has 6 heteroatoms. The number of aromatic carboxylic acids is 1. The lowest BCUT2D eigenvalue weighted by Crippen LogP contribution is -2.08. The number of rotatable bonds is 3. The predicted octanol–water partition coefficient (Wildman–Crippen LogP) is 2.87. The second-order valence-corrected chi connectivity index (χ2v) is 5.36. The van der Waals surface area contributed by atoms with Crippen LogP contribution in [-0.4, -0.2) is 21.0 Å². The number of benzene rings is 2. The van der Waals surface area contributed by atoms with E-state index in [1.165, 1.54) is 6.07 Å². The number of carboxylic acid groups (broad SMARTS) is 1. The zero-order valence-electron chi connectivity index (χ0n) is 11.4. The van der Waals surface area contributed by atoms with Crippen LogP contribution in [0.25, 0.3) is 10.8 Å². The Kier molecular flexibility index (Phi) is 3.60. The summed E-state index contributed by atoms with van der Waals surface area (Å²) in [6.07, 6.45) is 0.515. The number of H-pyrrole nitrogens is 2. The van der Waals surface area contributed by atoms with Gasteiger partial charge in [-0.2, -0.15) is 0 Å². The van der Waals surface area contributed by atoms with Crippen LogP contribution in [0.15, 0.2) is 47.3 Å². The lowest BCUT2D eigenvalue weighted by atomic mass is 10.00. The fourth-order valence-electron chi connectivity index (χ4n) is 2.46. The van der Waals surface area contributed by atoms with Crippen molar-refractivity contribution >= 4 is 29.0 Å². The lowest BCUT2D eigenvalue weighted by molar-refractivity contribution is 0.0699. The molecule has 0 radical (unpaired) electrons. The van der Waals surface area contributed by atoms with Crippen LogP contribution in [-0.2, 0) is 6.42 Å². The Morgan fingerprint density at radius 2 is 1.95 bits per heavy atom. The smallest absolute Gasteiger partial charge is 0.336 e. The Morgan fingerprint density at radius 3 is 2.68 bits per heavy atom. The maximum Gasteiger partial charge on any atom is 0.336 e. The maximum atomic E-state index is 11.4. The van der Waals surface area contributed by atoms with E-state index in [4.69, 9.17) is 12.2 Å². The van der Waals surface area contributed by atoms with Gasteiger partial charge in [0.1, 0.15) is 0 Å². The first kappa shape index (κ1) is 14.2. The van der Waals surface area contributed by atoms with E-state index >= 15 is 0 Å². The Balaban J connectivity index is 2.04. The third-order valence-electron chi connectivity index (χ3n) is 3.39. The molecule has 0 unspecified atom stereocenters. The SMILES string of the molecule is O=C(O)c1cccc2cc(Cc3cc(=O)[nH]c(=S)[nH]3)ccc12. The molecule has 0 spiro atoms. The van der Waals surface area contributed by atoms with Crippen LogP contribution >= 0.6 is 12.2 Å². The summed E-state index contributed by atoms with van der Waals surface area (Å²) in [5.74, 6) is -0.947. The van der Waals surface area contributed by atoms with Gasteiger partial charge in [-0.3, -0.25) is 9.78 Å². The van der Waals surface area contributed by atoms with E-state index in [1.54, 1.807) is 18.2 Å². The van der Waals surface area contributed by atoms with Crippen molar-refractivity contribution in [3.8, 4) is 0 Å². The highest BCUT2D eigenvalue weighted by molar-refractivity contribution is 7.71. The molecular weight excluding hydrogens is 300 g/mol. The summed E-state index contributed by atoms with van der Waals surface area (Å²) in [4.78, 5) is 28.1. The van der Waals surface area contributed by atoms with E-state index in [0.717, 1.165) is 10.9 Å². The van der Waals surface area contributed by atoms with Crippen LogP contribution in [0.3, 0.4) is 0 Å². The molecular formula is C16H12N2O3S. The summed E-state index contributed by atoms with van der Waals surface area (Å²) in [5.41, 5.74) is 1.71. The fourth-order valence-corrected chi connectivity index (χ4v) is 2.70. The number of fused-ring (bicyclic) bond motifs is 1. The zero-order chi connectivity index (χ0) is 15.7. The molecule has 0 saturated heterocycles. The van der Waals surface area contributed by atoms with E-state index in [0.29, 0.717) is 17.5 Å². The van der Waals surface area contributed by atoms with Crippen molar-refractivity contribution in [3.63, 3.8) is 0 Å². The number of aromatic amines is 2. The van der Waals surface area contributed by atoms with Gasteiger partial charge < -0.3 is 10.1 Å². The van der Waals surface area contributed by atoms with Crippen molar-refractivity contribution < 1.29 is 9.90 Å². The van der Waals surface area contributed by atoms with Crippen molar-refractivity contribution in [1.82, 2.24) is 9.97 Å². The number of carboxylic acids is 1. The molecule has 5 nitrogen and oxygen atoms in total. The summed E-state index contributed by atoms with van der Waals surface area (Å²) in [6.45, 7) is 0. The van der Waals surface area contributed by atoms with Gasteiger partial charge in [0.05, 0.1) is 5.56 Å². The minimum atomic E-state index is -0.947. The van der Waals surface area contributed by atoms with Crippen molar-refractivity contribution in [2.45, 2.75) is 6.42 Å². The van der Waals surface area contributed by atoms with E-state index < -0.39 is 5.97 Å². The van der Waals surface area contributed by atoms with Gasteiger partial charge in [0.15, 0.2) is 4.77 Å². The van der Waals surface area contributed by atoms with Crippen molar-refractivity contribution in [1.29, 1.82) is 0 Å². The Hall–Kier alpha value is -2.73. The van der Waals surface area contributed by atoms with Gasteiger partial charge in [-0.15, -0.1) is 0 Å². The molecule has 3 N–H and O–H groups in total. The molecule has 0 amide bonds. The second-order valence-electron chi connectivity index (χ2n) is 4.96. The van der Waals surface area contributed by atoms with Crippen LogP contribution in [0.1, 0.15) is 21.6 Å². The van der Waals surface area contributed by atoms with E-state index in [9.17, 15) is 14.7 Å². The number of carbonyl (C=O) groups is 1. The third kappa shape index (κ3) is 2.82. The fraction of sp³-hybridized carbons (Fsp3) is 0.0625. The number of nitrogens with one attached hydrogen (secondary N) is 2. The van der Waals surface area contributed by atoms with Crippen LogP contribution in [0.5, 0.6) is 0 Å². The summed E-state index contributed by atoms with van der Waals surface area (Å²) in [6, 6.07) is 12.2. The van der Waals surface area contributed by atoms with E-state index in [1.807, 2.05) is 18.2 Å². The molecule has 0 aliphatic heterocycles. The molecule has 3 rings (SSSR count). The van der Waals surface area contributed by atoms with Crippen LogP contribution in [0, 0.1) is 4.77 Å². The molecule has 0 bridgehead atoms. The average molecular weight is 312 g/mol. The number of hydrogen-bond acceptors (Lipinski definition) is 3. The normalized spacial score (nSPS) is 10.7. The molecule has 0 aliphatic rings. The third-order valence-corrected chi connectivity index (χ3v) is 3.59. The molecule has 2 aromatic carbocycles. The van der Waals surface area contributed by atoms with Crippen molar-refractivity contribution in [3.05, 3.63) is 74.4 Å².